The Morgan fingerprint density at radius 2 is 1.94 bits per heavy atom. The van der Waals surface area contributed by atoms with Crippen molar-refractivity contribution in [1.82, 2.24) is 4.90 Å². The Morgan fingerprint density at radius 1 is 1.29 bits per heavy atom. The number of aryl methyl sites for hydroxylation is 1. The van der Waals surface area contributed by atoms with E-state index in [2.05, 4.69) is 25.1 Å². The van der Waals surface area contributed by atoms with Crippen molar-refractivity contribution in [3.8, 4) is 0 Å². The van der Waals surface area contributed by atoms with Crippen molar-refractivity contribution in [3.63, 3.8) is 0 Å². The van der Waals surface area contributed by atoms with Gasteiger partial charge in [0.25, 0.3) is 0 Å². The van der Waals surface area contributed by atoms with Crippen LogP contribution in [0.2, 0.25) is 0 Å². The molecule has 0 amide bonds. The molecule has 1 saturated carbocycles. The van der Waals surface area contributed by atoms with Crippen LogP contribution in [0.1, 0.15) is 43.2 Å². The fourth-order valence-corrected chi connectivity index (χ4v) is 2.80. The van der Waals surface area contributed by atoms with Gasteiger partial charge in [0.1, 0.15) is 17.3 Å². The summed E-state index contributed by atoms with van der Waals surface area (Å²) in [5, 5.41) is 0. The van der Waals surface area contributed by atoms with E-state index in [-0.39, 0.29) is 0 Å². The minimum atomic E-state index is 0.303. The first-order chi connectivity index (χ1) is 8.08. The van der Waals surface area contributed by atoms with Gasteiger partial charge in [-0.3, -0.25) is 9.69 Å². The standard InChI is InChI=1S/C14H21NO2/c1-10-4-9-13(17-10)14(15(2)3)11-5-7-12(16)8-6-11/h4,9,11,14H,5-8H2,1-3H3. The average Bonchev–Trinajstić information content (AvgIpc) is 2.68. The van der Waals surface area contributed by atoms with Crippen molar-refractivity contribution < 1.29 is 9.21 Å². The number of rotatable bonds is 3. The molecule has 1 aromatic heterocycles. The molecule has 1 aromatic rings. The van der Waals surface area contributed by atoms with Gasteiger partial charge in [-0.05, 0) is 51.9 Å². The van der Waals surface area contributed by atoms with Crippen LogP contribution in [-0.2, 0) is 4.79 Å². The topological polar surface area (TPSA) is 33.5 Å². The molecule has 3 nitrogen and oxygen atoms in total. The van der Waals surface area contributed by atoms with E-state index in [1.165, 1.54) is 0 Å². The number of hydrogen-bond donors (Lipinski definition) is 0. The number of hydrogen-bond acceptors (Lipinski definition) is 3. The summed E-state index contributed by atoms with van der Waals surface area (Å²) in [6.45, 7) is 1.97. The lowest BCUT2D eigenvalue weighted by molar-refractivity contribution is -0.121. The Hall–Kier alpha value is -1.09. The molecule has 1 aliphatic carbocycles. The Morgan fingerprint density at radius 3 is 2.41 bits per heavy atom. The van der Waals surface area contributed by atoms with Crippen LogP contribution in [0.5, 0.6) is 0 Å². The van der Waals surface area contributed by atoms with Gasteiger partial charge in [-0.1, -0.05) is 0 Å². The van der Waals surface area contributed by atoms with Crippen molar-refractivity contribution in [1.29, 1.82) is 0 Å². The van der Waals surface area contributed by atoms with Gasteiger partial charge in [-0.15, -0.1) is 0 Å². The number of nitrogens with zero attached hydrogens (tertiary/aromatic N) is 1. The van der Waals surface area contributed by atoms with Gasteiger partial charge in [0.05, 0.1) is 6.04 Å². The fraction of sp³-hybridized carbons (Fsp3) is 0.643. The van der Waals surface area contributed by atoms with E-state index in [0.717, 1.165) is 37.2 Å². The molecule has 0 aromatic carbocycles. The molecule has 0 aliphatic heterocycles. The van der Waals surface area contributed by atoms with Crippen LogP contribution >= 0.6 is 0 Å². The normalized spacial score (nSPS) is 19.9. The van der Waals surface area contributed by atoms with E-state index in [0.29, 0.717) is 17.7 Å². The van der Waals surface area contributed by atoms with Crippen molar-refractivity contribution in [2.45, 2.75) is 38.6 Å². The molecule has 2 rings (SSSR count). The molecule has 1 fully saturated rings. The van der Waals surface area contributed by atoms with Gasteiger partial charge in [-0.2, -0.15) is 0 Å². The average molecular weight is 235 g/mol. The zero-order chi connectivity index (χ0) is 12.4. The van der Waals surface area contributed by atoms with Gasteiger partial charge in [-0.25, -0.2) is 0 Å². The van der Waals surface area contributed by atoms with Crippen LogP contribution in [0, 0.1) is 12.8 Å². The van der Waals surface area contributed by atoms with Gasteiger partial charge in [0.2, 0.25) is 0 Å². The zero-order valence-corrected chi connectivity index (χ0v) is 10.9. The van der Waals surface area contributed by atoms with E-state index in [1.807, 2.05) is 13.0 Å². The molecule has 0 N–H and O–H groups in total. The summed E-state index contributed by atoms with van der Waals surface area (Å²) in [5.74, 6) is 2.94. The second-order valence-corrected chi connectivity index (χ2v) is 5.23. The second kappa shape index (κ2) is 5.05. The number of ketones is 1. The van der Waals surface area contributed by atoms with Crippen LogP contribution in [-0.4, -0.2) is 24.8 Å². The number of Topliss-reactive ketones (excluding diaryl/α,β-unsaturated/α-hetero) is 1. The Balaban J connectivity index is 2.15. The molecule has 1 heterocycles. The van der Waals surface area contributed by atoms with Gasteiger partial charge >= 0.3 is 0 Å². The Bertz CT molecular complexity index is 385. The minimum absolute atomic E-state index is 0.303. The summed E-state index contributed by atoms with van der Waals surface area (Å²) in [4.78, 5) is 13.5. The maximum atomic E-state index is 11.3. The van der Waals surface area contributed by atoms with Crippen LogP contribution in [0.4, 0.5) is 0 Å². The van der Waals surface area contributed by atoms with Crippen molar-refractivity contribution in [2.24, 2.45) is 5.92 Å². The fourth-order valence-electron chi connectivity index (χ4n) is 2.80. The third-order valence-corrected chi connectivity index (χ3v) is 3.64. The van der Waals surface area contributed by atoms with Crippen LogP contribution in [0.15, 0.2) is 16.5 Å². The van der Waals surface area contributed by atoms with Crippen LogP contribution < -0.4 is 0 Å². The number of carbonyl (C=O) groups excluding carboxylic acids is 1. The molecular weight excluding hydrogens is 214 g/mol. The summed E-state index contributed by atoms with van der Waals surface area (Å²) in [6, 6.07) is 4.38. The second-order valence-electron chi connectivity index (χ2n) is 5.23. The molecule has 0 spiro atoms. The molecule has 17 heavy (non-hydrogen) atoms. The quantitative estimate of drug-likeness (QED) is 0.807. The van der Waals surface area contributed by atoms with E-state index in [1.54, 1.807) is 0 Å². The Kier molecular flexibility index (Phi) is 3.67. The van der Waals surface area contributed by atoms with Gasteiger partial charge in [0, 0.05) is 12.8 Å². The predicted molar refractivity (Wildman–Crippen MR) is 66.8 cm³/mol. The van der Waals surface area contributed by atoms with Gasteiger partial charge in [0.15, 0.2) is 0 Å². The lowest BCUT2D eigenvalue weighted by atomic mass is 9.82. The lowest BCUT2D eigenvalue weighted by Gasteiger charge is -2.33. The highest BCUT2D eigenvalue weighted by Gasteiger charge is 2.30. The van der Waals surface area contributed by atoms with E-state index in [4.69, 9.17) is 4.42 Å². The Labute approximate surface area is 103 Å². The molecule has 0 bridgehead atoms. The van der Waals surface area contributed by atoms with E-state index in [9.17, 15) is 4.79 Å². The van der Waals surface area contributed by atoms with Crippen molar-refractivity contribution >= 4 is 5.78 Å². The number of carbonyl (C=O) groups is 1. The molecule has 1 aliphatic rings. The molecule has 1 atom stereocenters. The minimum Gasteiger partial charge on any atom is -0.465 e. The third-order valence-electron chi connectivity index (χ3n) is 3.64. The van der Waals surface area contributed by atoms with Gasteiger partial charge < -0.3 is 4.42 Å². The van der Waals surface area contributed by atoms with E-state index >= 15 is 0 Å². The molecule has 94 valence electrons. The maximum absolute atomic E-state index is 11.3. The lowest BCUT2D eigenvalue weighted by Crippen LogP contribution is -2.30. The third kappa shape index (κ3) is 2.78. The summed E-state index contributed by atoms with van der Waals surface area (Å²) in [7, 11) is 4.16. The molecular formula is C14H21NO2. The first-order valence-electron chi connectivity index (χ1n) is 6.32. The number of furan rings is 1. The molecule has 0 radical (unpaired) electrons. The molecule has 0 saturated heterocycles. The van der Waals surface area contributed by atoms with Crippen molar-refractivity contribution in [2.75, 3.05) is 14.1 Å². The molecule has 3 heteroatoms. The largest absolute Gasteiger partial charge is 0.465 e. The first-order valence-corrected chi connectivity index (χ1v) is 6.32. The summed E-state index contributed by atoms with van der Waals surface area (Å²) in [6.07, 6.45) is 3.44. The SMILES string of the molecule is Cc1ccc(C(C2CCC(=O)CC2)N(C)C)o1. The highest BCUT2D eigenvalue weighted by atomic mass is 16.3. The highest BCUT2D eigenvalue weighted by molar-refractivity contribution is 5.79. The maximum Gasteiger partial charge on any atom is 0.132 e. The predicted octanol–water partition coefficient (Wildman–Crippen LogP) is 2.95. The monoisotopic (exact) mass is 235 g/mol. The molecule has 1 unspecified atom stereocenters. The van der Waals surface area contributed by atoms with Crippen molar-refractivity contribution in [3.05, 3.63) is 23.7 Å². The smallest absolute Gasteiger partial charge is 0.132 e. The zero-order valence-electron chi connectivity index (χ0n) is 10.9. The summed E-state index contributed by atoms with van der Waals surface area (Å²) in [5.41, 5.74) is 0. The van der Waals surface area contributed by atoms with E-state index < -0.39 is 0 Å². The first kappa shape index (κ1) is 12.4. The highest BCUT2D eigenvalue weighted by Crippen LogP contribution is 2.36. The summed E-state index contributed by atoms with van der Waals surface area (Å²) >= 11 is 0. The summed E-state index contributed by atoms with van der Waals surface area (Å²) < 4.78 is 5.76. The van der Waals surface area contributed by atoms with Crippen LogP contribution in [0.25, 0.3) is 0 Å². The van der Waals surface area contributed by atoms with Crippen LogP contribution in [0.3, 0.4) is 0 Å².